The summed E-state index contributed by atoms with van der Waals surface area (Å²) in [5.74, 6) is -0.931. The number of hydrogen-bond donors (Lipinski definition) is 2. The molecule has 0 unspecified atom stereocenters. The smallest absolute Gasteiger partial charge is 0.260 e. The van der Waals surface area contributed by atoms with Gasteiger partial charge in [0.15, 0.2) is 0 Å². The number of aryl methyl sites for hydroxylation is 2. The van der Waals surface area contributed by atoms with Crippen molar-refractivity contribution in [1.82, 2.24) is 25.5 Å². The molecule has 1 aliphatic heterocycles. The molecule has 1 aromatic heterocycles. The van der Waals surface area contributed by atoms with Crippen LogP contribution in [0, 0.1) is 19.8 Å². The normalized spacial score (nSPS) is 17.7. The Kier molecular flexibility index (Phi) is 5.36. The summed E-state index contributed by atoms with van der Waals surface area (Å²) in [6, 6.07) is 1.88. The predicted octanol–water partition coefficient (Wildman–Crippen LogP) is -0.0942. The van der Waals surface area contributed by atoms with Crippen molar-refractivity contribution in [3.05, 3.63) is 17.5 Å². The average Bonchev–Trinajstić information content (AvgIpc) is 2.82. The molecule has 3 amide bonds. The van der Waals surface area contributed by atoms with Gasteiger partial charge in [0.2, 0.25) is 11.8 Å². The van der Waals surface area contributed by atoms with E-state index in [9.17, 15) is 14.4 Å². The van der Waals surface area contributed by atoms with Crippen LogP contribution < -0.4 is 10.9 Å². The van der Waals surface area contributed by atoms with Crippen molar-refractivity contribution in [2.45, 2.75) is 40.2 Å². The first-order valence-electron chi connectivity index (χ1n) is 7.72. The van der Waals surface area contributed by atoms with Crippen LogP contribution in [0.4, 0.5) is 0 Å². The standard InChI is InChI=1S/C15H23N5O3/c1-10-7-11(2)20(18-10)9-14(22)16-17-15(23)13-5-4-6-19(8-13)12(3)21/h7,13H,4-6,8-9H2,1-3H3,(H,16,22)(H,17,23)/t13-/m0/s1. The van der Waals surface area contributed by atoms with Crippen LogP contribution in [0.3, 0.4) is 0 Å². The maximum atomic E-state index is 12.1. The second-order valence-electron chi connectivity index (χ2n) is 5.93. The Hall–Kier alpha value is -2.38. The van der Waals surface area contributed by atoms with Gasteiger partial charge in [-0.15, -0.1) is 0 Å². The summed E-state index contributed by atoms with van der Waals surface area (Å²) in [6.45, 7) is 6.34. The Morgan fingerprint density at radius 3 is 2.65 bits per heavy atom. The minimum atomic E-state index is -0.344. The number of piperidine rings is 1. The number of amides is 3. The Morgan fingerprint density at radius 2 is 2.04 bits per heavy atom. The molecule has 2 rings (SSSR count). The highest BCUT2D eigenvalue weighted by molar-refractivity contribution is 5.84. The van der Waals surface area contributed by atoms with Gasteiger partial charge in [-0.1, -0.05) is 0 Å². The minimum absolute atomic E-state index is 0.0314. The number of likely N-dealkylation sites (tertiary alicyclic amines) is 1. The maximum absolute atomic E-state index is 12.1. The topological polar surface area (TPSA) is 96.3 Å². The van der Waals surface area contributed by atoms with E-state index in [1.807, 2.05) is 19.9 Å². The SMILES string of the molecule is CC(=O)N1CCC[C@H](C(=O)NNC(=O)Cn2nc(C)cc2C)C1. The maximum Gasteiger partial charge on any atom is 0.260 e. The summed E-state index contributed by atoms with van der Waals surface area (Å²) in [4.78, 5) is 37.0. The number of carbonyl (C=O) groups is 3. The summed E-state index contributed by atoms with van der Waals surface area (Å²) in [7, 11) is 0. The Labute approximate surface area is 135 Å². The number of nitrogens with zero attached hydrogens (tertiary/aromatic N) is 3. The van der Waals surface area contributed by atoms with E-state index in [4.69, 9.17) is 0 Å². The lowest BCUT2D eigenvalue weighted by Gasteiger charge is -2.31. The van der Waals surface area contributed by atoms with Gasteiger partial charge < -0.3 is 4.90 Å². The third kappa shape index (κ3) is 4.54. The molecule has 2 N–H and O–H groups in total. The van der Waals surface area contributed by atoms with Gasteiger partial charge in [-0.25, -0.2) is 0 Å². The Bertz CT molecular complexity index is 610. The number of nitrogens with one attached hydrogen (secondary N) is 2. The molecule has 1 fully saturated rings. The van der Waals surface area contributed by atoms with Crippen LogP contribution in [-0.4, -0.2) is 45.5 Å². The van der Waals surface area contributed by atoms with Gasteiger partial charge in [-0.2, -0.15) is 5.10 Å². The summed E-state index contributed by atoms with van der Waals surface area (Å²) in [5.41, 5.74) is 6.57. The van der Waals surface area contributed by atoms with Crippen LogP contribution in [0.5, 0.6) is 0 Å². The van der Waals surface area contributed by atoms with Gasteiger partial charge >= 0.3 is 0 Å². The van der Waals surface area contributed by atoms with E-state index in [0.717, 1.165) is 17.8 Å². The monoisotopic (exact) mass is 321 g/mol. The van der Waals surface area contributed by atoms with Crippen molar-refractivity contribution >= 4 is 17.7 Å². The first-order valence-corrected chi connectivity index (χ1v) is 7.72. The molecule has 0 aliphatic carbocycles. The first-order chi connectivity index (χ1) is 10.9. The van der Waals surface area contributed by atoms with E-state index < -0.39 is 0 Å². The van der Waals surface area contributed by atoms with E-state index in [0.29, 0.717) is 19.5 Å². The second-order valence-corrected chi connectivity index (χ2v) is 5.93. The fourth-order valence-corrected chi connectivity index (χ4v) is 2.72. The quantitative estimate of drug-likeness (QED) is 0.760. The molecule has 0 spiro atoms. The molecule has 1 saturated heterocycles. The summed E-state index contributed by atoms with van der Waals surface area (Å²) < 4.78 is 1.58. The molecule has 0 aromatic carbocycles. The second kappa shape index (κ2) is 7.26. The number of carbonyl (C=O) groups excluding carboxylic acids is 3. The fraction of sp³-hybridized carbons (Fsp3) is 0.600. The van der Waals surface area contributed by atoms with Crippen molar-refractivity contribution in [3.63, 3.8) is 0 Å². The molecule has 0 radical (unpaired) electrons. The zero-order valence-corrected chi connectivity index (χ0v) is 13.8. The van der Waals surface area contributed by atoms with Crippen LogP contribution in [0.15, 0.2) is 6.07 Å². The van der Waals surface area contributed by atoms with Gasteiger partial charge in [-0.3, -0.25) is 29.9 Å². The van der Waals surface area contributed by atoms with Gasteiger partial charge in [0.05, 0.1) is 11.6 Å². The molecular formula is C15H23N5O3. The van der Waals surface area contributed by atoms with Crippen molar-refractivity contribution in [1.29, 1.82) is 0 Å². The summed E-state index contributed by atoms with van der Waals surface area (Å²) in [6.07, 6.45) is 1.50. The van der Waals surface area contributed by atoms with Crippen molar-refractivity contribution in [2.24, 2.45) is 5.92 Å². The van der Waals surface area contributed by atoms with Crippen molar-refractivity contribution in [2.75, 3.05) is 13.1 Å². The highest BCUT2D eigenvalue weighted by atomic mass is 16.2. The van der Waals surface area contributed by atoms with E-state index in [1.165, 1.54) is 6.92 Å². The zero-order valence-electron chi connectivity index (χ0n) is 13.8. The molecule has 1 aromatic rings. The van der Waals surface area contributed by atoms with E-state index in [1.54, 1.807) is 9.58 Å². The van der Waals surface area contributed by atoms with E-state index in [2.05, 4.69) is 16.0 Å². The number of hydrazine groups is 1. The average molecular weight is 321 g/mol. The minimum Gasteiger partial charge on any atom is -0.342 e. The van der Waals surface area contributed by atoms with Crippen LogP contribution in [0.25, 0.3) is 0 Å². The molecular weight excluding hydrogens is 298 g/mol. The third-order valence-electron chi connectivity index (χ3n) is 3.96. The van der Waals surface area contributed by atoms with Crippen LogP contribution >= 0.6 is 0 Å². The first kappa shape index (κ1) is 17.0. The Morgan fingerprint density at radius 1 is 1.30 bits per heavy atom. The van der Waals surface area contributed by atoms with Crippen LogP contribution in [-0.2, 0) is 20.9 Å². The lowest BCUT2D eigenvalue weighted by atomic mass is 9.97. The number of rotatable bonds is 3. The molecule has 0 bridgehead atoms. The zero-order chi connectivity index (χ0) is 17.0. The van der Waals surface area contributed by atoms with Crippen LogP contribution in [0.1, 0.15) is 31.2 Å². The van der Waals surface area contributed by atoms with E-state index >= 15 is 0 Å². The highest BCUT2D eigenvalue weighted by Gasteiger charge is 2.27. The number of aromatic nitrogens is 2. The molecule has 8 nitrogen and oxygen atoms in total. The Balaban J connectivity index is 1.80. The number of hydrogen-bond acceptors (Lipinski definition) is 4. The molecule has 1 aliphatic rings. The molecule has 1 atom stereocenters. The van der Waals surface area contributed by atoms with Gasteiger partial charge in [-0.05, 0) is 32.8 Å². The summed E-state index contributed by atoms with van der Waals surface area (Å²) in [5, 5.41) is 4.20. The fourth-order valence-electron chi connectivity index (χ4n) is 2.72. The van der Waals surface area contributed by atoms with Crippen molar-refractivity contribution in [3.8, 4) is 0 Å². The lowest BCUT2D eigenvalue weighted by Crippen LogP contribution is -2.50. The van der Waals surface area contributed by atoms with Gasteiger partial charge in [0, 0.05) is 25.7 Å². The molecule has 23 heavy (non-hydrogen) atoms. The predicted molar refractivity (Wildman–Crippen MR) is 83.0 cm³/mol. The molecule has 0 saturated carbocycles. The third-order valence-corrected chi connectivity index (χ3v) is 3.96. The molecule has 8 heteroatoms. The van der Waals surface area contributed by atoms with Gasteiger partial charge in [0.1, 0.15) is 6.54 Å². The molecule has 2 heterocycles. The largest absolute Gasteiger partial charge is 0.342 e. The van der Waals surface area contributed by atoms with Crippen LogP contribution in [0.2, 0.25) is 0 Å². The molecule has 126 valence electrons. The van der Waals surface area contributed by atoms with Crippen molar-refractivity contribution < 1.29 is 14.4 Å². The van der Waals surface area contributed by atoms with Gasteiger partial charge in [0.25, 0.3) is 5.91 Å². The highest BCUT2D eigenvalue weighted by Crippen LogP contribution is 2.16. The van der Waals surface area contributed by atoms with E-state index in [-0.39, 0.29) is 30.2 Å². The summed E-state index contributed by atoms with van der Waals surface area (Å²) >= 11 is 0. The lowest BCUT2D eigenvalue weighted by molar-refractivity contribution is -0.136.